The van der Waals surface area contributed by atoms with Gasteiger partial charge in [0.1, 0.15) is 11.6 Å². The average Bonchev–Trinajstić information content (AvgIpc) is 3.92. The minimum atomic E-state index is -1.05. The highest BCUT2D eigenvalue weighted by Gasteiger charge is 2.54. The van der Waals surface area contributed by atoms with Crippen LogP contribution in [0.15, 0.2) is 66.9 Å². The molecular formula is C37H38Cl2F2N2O5. The third-order valence-corrected chi connectivity index (χ3v) is 9.24. The maximum absolute atomic E-state index is 15.3. The van der Waals surface area contributed by atoms with Crippen LogP contribution in [-0.4, -0.2) is 55.1 Å². The quantitative estimate of drug-likeness (QED) is 0.112. The Bertz CT molecular complexity index is 1730. The van der Waals surface area contributed by atoms with Crippen LogP contribution in [0.2, 0.25) is 0 Å². The van der Waals surface area contributed by atoms with E-state index in [1.54, 1.807) is 49.7 Å². The maximum Gasteiger partial charge on any atom is 0.166 e. The van der Waals surface area contributed by atoms with Gasteiger partial charge in [0.05, 0.1) is 24.6 Å². The maximum atomic E-state index is 15.3. The first kappa shape index (κ1) is 35.5. The number of alkyl halides is 2. The van der Waals surface area contributed by atoms with Crippen molar-refractivity contribution >= 4 is 45.7 Å². The Morgan fingerprint density at radius 3 is 2.15 bits per heavy atom. The van der Waals surface area contributed by atoms with Gasteiger partial charge in [0, 0.05) is 42.3 Å². The highest BCUT2D eigenvalue weighted by atomic mass is 35.5. The molecule has 6 rings (SSSR count). The van der Waals surface area contributed by atoms with Gasteiger partial charge >= 0.3 is 0 Å². The minimum Gasteiger partial charge on any atom is -0.493 e. The lowest BCUT2D eigenvalue weighted by molar-refractivity contribution is -0.133. The van der Waals surface area contributed by atoms with Gasteiger partial charge in [-0.2, -0.15) is 0 Å². The van der Waals surface area contributed by atoms with E-state index in [1.165, 1.54) is 24.3 Å². The number of piperidine rings is 1. The number of ketones is 2. The average molecular weight is 700 g/mol. The summed E-state index contributed by atoms with van der Waals surface area (Å²) in [5.41, 5.74) is 0.680. The standard InChI is InChI=1S/C35H34F2N2O5.C2H4Cl2/c1-42-31-19-26-28(20-32(31)43-21-23-8-13-38-14-9-23)39-15-10-29(26)44-30-7-4-24(16-27(30)37)18-34(41)35(11-12-35)33(40)17-22-2-5-25(36)6-3-22;3-1-2-4/h2-7,10,15-16,19-20,23,38H,8-9,11-14,17-18,21H2,1H3;1-2H2. The van der Waals surface area contributed by atoms with Gasteiger partial charge in [0.2, 0.25) is 0 Å². The second-order valence-corrected chi connectivity index (χ2v) is 12.7. The molecule has 1 N–H and O–H groups in total. The lowest BCUT2D eigenvalue weighted by atomic mass is 9.88. The molecule has 3 aromatic carbocycles. The van der Waals surface area contributed by atoms with Gasteiger partial charge in [-0.15, -0.1) is 23.2 Å². The molecule has 2 heterocycles. The first-order valence-electron chi connectivity index (χ1n) is 16.0. The summed E-state index contributed by atoms with van der Waals surface area (Å²) in [4.78, 5) is 30.6. The van der Waals surface area contributed by atoms with Gasteiger partial charge in [0.15, 0.2) is 34.6 Å². The molecule has 0 bridgehead atoms. The highest BCUT2D eigenvalue weighted by molar-refractivity contribution is 6.25. The molecule has 1 aliphatic carbocycles. The van der Waals surface area contributed by atoms with Crippen molar-refractivity contribution in [3.8, 4) is 23.0 Å². The van der Waals surface area contributed by atoms with E-state index in [4.69, 9.17) is 37.4 Å². The molecular weight excluding hydrogens is 661 g/mol. The smallest absolute Gasteiger partial charge is 0.166 e. The molecule has 0 spiro atoms. The van der Waals surface area contributed by atoms with Gasteiger partial charge in [-0.1, -0.05) is 18.2 Å². The molecule has 1 aliphatic heterocycles. The summed E-state index contributed by atoms with van der Waals surface area (Å²) in [6.07, 6.45) is 4.63. The summed E-state index contributed by atoms with van der Waals surface area (Å²) < 4.78 is 46.2. The third-order valence-electron chi connectivity index (χ3n) is 8.67. The van der Waals surface area contributed by atoms with Crippen LogP contribution < -0.4 is 19.5 Å². The third kappa shape index (κ3) is 8.81. The molecule has 0 atom stereocenters. The molecule has 2 fully saturated rings. The number of nitrogens with one attached hydrogen (secondary N) is 1. The highest BCUT2D eigenvalue weighted by Crippen LogP contribution is 2.49. The van der Waals surface area contributed by atoms with Crippen molar-refractivity contribution in [1.29, 1.82) is 0 Å². The zero-order valence-corrected chi connectivity index (χ0v) is 28.2. The largest absolute Gasteiger partial charge is 0.493 e. The molecule has 1 saturated heterocycles. The summed E-state index contributed by atoms with van der Waals surface area (Å²) in [6, 6.07) is 15.3. The van der Waals surface area contributed by atoms with Gasteiger partial charge in [0.25, 0.3) is 0 Å². The van der Waals surface area contributed by atoms with E-state index in [-0.39, 0.29) is 36.0 Å². The molecule has 1 saturated carbocycles. The lowest BCUT2D eigenvalue weighted by Gasteiger charge is -2.23. The van der Waals surface area contributed by atoms with Crippen molar-refractivity contribution in [3.63, 3.8) is 0 Å². The number of benzene rings is 3. The molecule has 2 aliphatic rings. The fraction of sp³-hybridized carbons (Fsp3) is 0.378. The van der Waals surface area contributed by atoms with Crippen LogP contribution in [0.3, 0.4) is 0 Å². The number of carbonyl (C=O) groups is 2. The van der Waals surface area contributed by atoms with Crippen LogP contribution in [0.5, 0.6) is 23.0 Å². The Hall–Kier alpha value is -3.79. The van der Waals surface area contributed by atoms with E-state index in [9.17, 15) is 14.0 Å². The van der Waals surface area contributed by atoms with Gasteiger partial charge in [-0.25, -0.2) is 8.78 Å². The summed E-state index contributed by atoms with van der Waals surface area (Å²) in [6.45, 7) is 2.56. The monoisotopic (exact) mass is 698 g/mol. The minimum absolute atomic E-state index is 0.00702. The fourth-order valence-corrected chi connectivity index (χ4v) is 5.75. The van der Waals surface area contributed by atoms with E-state index in [0.717, 1.165) is 25.9 Å². The van der Waals surface area contributed by atoms with Crippen molar-refractivity contribution in [3.05, 3.63) is 89.6 Å². The predicted molar refractivity (Wildman–Crippen MR) is 183 cm³/mol. The van der Waals surface area contributed by atoms with Crippen LogP contribution in [0, 0.1) is 23.0 Å². The zero-order chi connectivity index (χ0) is 34.1. The number of ether oxygens (including phenoxy) is 3. The predicted octanol–water partition coefficient (Wildman–Crippen LogP) is 7.86. The van der Waals surface area contributed by atoms with Crippen LogP contribution in [0.4, 0.5) is 8.78 Å². The van der Waals surface area contributed by atoms with E-state index in [1.807, 2.05) is 0 Å². The van der Waals surface area contributed by atoms with E-state index >= 15 is 4.39 Å². The van der Waals surface area contributed by atoms with E-state index < -0.39 is 11.2 Å². The SMILES string of the molecule is COc1cc2c(Oc3ccc(CC(=O)C4(C(=O)Cc5ccc(F)cc5)CC4)cc3F)ccnc2cc1OCC1CCNCC1.ClCCCl. The Labute approximate surface area is 288 Å². The van der Waals surface area contributed by atoms with Crippen LogP contribution in [-0.2, 0) is 22.4 Å². The number of hydrogen-bond donors (Lipinski definition) is 1. The van der Waals surface area contributed by atoms with Crippen molar-refractivity contribution in [1.82, 2.24) is 10.3 Å². The summed E-state index contributed by atoms with van der Waals surface area (Å²) in [5, 5.41) is 3.99. The first-order chi connectivity index (χ1) is 23.3. The van der Waals surface area contributed by atoms with Crippen LogP contribution >= 0.6 is 23.2 Å². The molecule has 1 aromatic heterocycles. The first-order valence-corrected chi connectivity index (χ1v) is 17.0. The summed E-state index contributed by atoms with van der Waals surface area (Å²) in [5.74, 6) is 1.66. The number of halogens is 4. The van der Waals surface area contributed by atoms with Gasteiger partial charge in [-0.3, -0.25) is 14.6 Å². The topological polar surface area (TPSA) is 86.8 Å². The molecule has 48 heavy (non-hydrogen) atoms. The summed E-state index contributed by atoms with van der Waals surface area (Å²) >= 11 is 10.1. The second kappa shape index (κ2) is 16.5. The number of nitrogens with zero attached hydrogens (tertiary/aromatic N) is 1. The van der Waals surface area contributed by atoms with Crippen LogP contribution in [0.1, 0.15) is 36.8 Å². The number of carbonyl (C=O) groups excluding carboxylic acids is 2. The Kier molecular flexibility index (Phi) is 12.2. The Morgan fingerprint density at radius 1 is 0.854 bits per heavy atom. The normalized spacial score (nSPS) is 15.3. The molecule has 0 unspecified atom stereocenters. The van der Waals surface area contributed by atoms with Gasteiger partial charge < -0.3 is 19.5 Å². The van der Waals surface area contributed by atoms with Crippen molar-refractivity contribution < 1.29 is 32.6 Å². The Morgan fingerprint density at radius 2 is 1.52 bits per heavy atom. The van der Waals surface area contributed by atoms with Crippen molar-refractivity contribution in [2.24, 2.45) is 11.3 Å². The number of rotatable bonds is 13. The number of pyridine rings is 1. The number of fused-ring (bicyclic) bond motifs is 1. The summed E-state index contributed by atoms with van der Waals surface area (Å²) in [7, 11) is 1.57. The van der Waals surface area contributed by atoms with E-state index in [0.29, 0.717) is 76.4 Å². The van der Waals surface area contributed by atoms with E-state index in [2.05, 4.69) is 10.3 Å². The molecule has 7 nitrogen and oxygen atoms in total. The molecule has 0 radical (unpaired) electrons. The lowest BCUT2D eigenvalue weighted by Crippen LogP contribution is -2.30. The molecule has 0 amide bonds. The van der Waals surface area contributed by atoms with Crippen molar-refractivity contribution in [2.75, 3.05) is 38.6 Å². The van der Waals surface area contributed by atoms with Crippen LogP contribution in [0.25, 0.3) is 10.9 Å². The van der Waals surface area contributed by atoms with Gasteiger partial charge in [-0.05, 0) is 92.2 Å². The number of aromatic nitrogens is 1. The Balaban J connectivity index is 0.00000107. The molecule has 11 heteroatoms. The zero-order valence-electron chi connectivity index (χ0n) is 26.7. The number of methoxy groups -OCH3 is 1. The molecule has 254 valence electrons. The second-order valence-electron chi connectivity index (χ2n) is 12.0. The number of hydrogen-bond acceptors (Lipinski definition) is 7. The fourth-order valence-electron chi connectivity index (χ4n) is 5.75. The molecule has 4 aromatic rings. The van der Waals surface area contributed by atoms with Crippen molar-refractivity contribution in [2.45, 2.75) is 38.5 Å². The number of Topliss-reactive ketones (excluding diaryl/α,β-unsaturated/α-hetero) is 2.